The van der Waals surface area contributed by atoms with E-state index in [1.165, 1.54) is 4.88 Å². The van der Waals surface area contributed by atoms with Gasteiger partial charge in [-0.2, -0.15) is 0 Å². The molecule has 0 spiro atoms. The van der Waals surface area contributed by atoms with Crippen molar-refractivity contribution in [2.45, 2.75) is 26.7 Å². The molecular weight excluding hydrogens is 364 g/mol. The summed E-state index contributed by atoms with van der Waals surface area (Å²) in [5.41, 5.74) is 0. The van der Waals surface area contributed by atoms with Crippen LogP contribution in [0.25, 0.3) is 0 Å². The van der Waals surface area contributed by atoms with Crippen LogP contribution < -0.4 is 24.8 Å². The largest absolute Gasteiger partial charge is 0.492 e. The highest BCUT2D eigenvalue weighted by Gasteiger charge is 2.13. The second-order valence-electron chi connectivity index (χ2n) is 5.87. The first kappa shape index (κ1) is 19.3. The minimum atomic E-state index is 0.267. The topological polar surface area (TPSA) is 77.0 Å². The van der Waals surface area contributed by atoms with E-state index in [2.05, 4.69) is 34.5 Å². The van der Waals surface area contributed by atoms with Crippen molar-refractivity contribution in [2.24, 2.45) is 4.99 Å². The molecule has 1 aliphatic heterocycles. The van der Waals surface area contributed by atoms with E-state index in [1.54, 1.807) is 11.3 Å². The zero-order chi connectivity index (χ0) is 18.9. The number of aliphatic imine (C=N–C) groups is 1. The average molecular weight is 391 g/mol. The van der Waals surface area contributed by atoms with Crippen LogP contribution in [0.3, 0.4) is 0 Å². The molecule has 0 aliphatic carbocycles. The van der Waals surface area contributed by atoms with E-state index in [-0.39, 0.29) is 6.79 Å². The van der Waals surface area contributed by atoms with Crippen LogP contribution >= 0.6 is 11.3 Å². The fourth-order valence-corrected chi connectivity index (χ4v) is 3.39. The molecule has 0 radical (unpaired) electrons. The number of fused-ring (bicyclic) bond motifs is 1. The monoisotopic (exact) mass is 390 g/mol. The van der Waals surface area contributed by atoms with Crippen LogP contribution in [0.2, 0.25) is 0 Å². The summed E-state index contributed by atoms with van der Waals surface area (Å²) >= 11 is 1.77. The summed E-state index contributed by atoms with van der Waals surface area (Å²) in [6.07, 6.45) is 3.85. The summed E-state index contributed by atoms with van der Waals surface area (Å²) in [6.45, 7) is 7.15. The number of guanidine groups is 1. The van der Waals surface area contributed by atoms with Crippen molar-refractivity contribution in [3.63, 3.8) is 0 Å². The van der Waals surface area contributed by atoms with Crippen molar-refractivity contribution in [3.8, 4) is 17.2 Å². The van der Waals surface area contributed by atoms with E-state index in [0.717, 1.165) is 47.6 Å². The summed E-state index contributed by atoms with van der Waals surface area (Å²) in [7, 11) is 0. The first-order chi connectivity index (χ1) is 13.3. The molecule has 1 aromatic heterocycles. The maximum Gasteiger partial charge on any atom is 0.231 e. The third-order valence-corrected chi connectivity index (χ3v) is 5.10. The molecule has 0 saturated heterocycles. The normalized spacial score (nSPS) is 12.9. The molecule has 146 valence electrons. The third-order valence-electron chi connectivity index (χ3n) is 3.90. The lowest BCUT2D eigenvalue weighted by atomic mass is 10.3. The van der Waals surface area contributed by atoms with Crippen LogP contribution in [0, 0.1) is 0 Å². The molecule has 1 aromatic carbocycles. The van der Waals surface area contributed by atoms with Crippen LogP contribution in [-0.4, -0.2) is 44.0 Å². The maximum absolute atomic E-state index is 5.76. The van der Waals surface area contributed by atoms with Crippen LogP contribution in [0.4, 0.5) is 0 Å². The highest BCUT2D eigenvalue weighted by Crippen LogP contribution is 2.34. The van der Waals surface area contributed by atoms with E-state index in [1.807, 2.05) is 24.4 Å². The predicted molar refractivity (Wildman–Crippen MR) is 107 cm³/mol. The zero-order valence-corrected chi connectivity index (χ0v) is 16.6. The van der Waals surface area contributed by atoms with Gasteiger partial charge in [0.2, 0.25) is 6.79 Å². The van der Waals surface area contributed by atoms with Gasteiger partial charge in [-0.1, -0.05) is 6.92 Å². The molecule has 1 aliphatic rings. The lowest BCUT2D eigenvalue weighted by molar-refractivity contribution is 0.173. The number of aryl methyl sites for hydroxylation is 1. The SMILES string of the molecule is CCNC(=NCCc1ncc(CC)s1)NCCOc1ccc2c(c1)OCO2. The lowest BCUT2D eigenvalue weighted by Crippen LogP contribution is -2.39. The Bertz CT molecular complexity index is 763. The number of nitrogens with zero attached hydrogens (tertiary/aromatic N) is 2. The number of rotatable bonds is 9. The number of hydrogen-bond acceptors (Lipinski definition) is 6. The van der Waals surface area contributed by atoms with Crippen LogP contribution in [0.5, 0.6) is 17.2 Å². The number of hydrogen-bond donors (Lipinski definition) is 2. The molecule has 0 saturated carbocycles. The molecule has 27 heavy (non-hydrogen) atoms. The Labute approximate surface area is 163 Å². The quantitative estimate of drug-likeness (QED) is 0.389. The number of nitrogens with one attached hydrogen (secondary N) is 2. The van der Waals surface area contributed by atoms with Crippen molar-refractivity contribution < 1.29 is 14.2 Å². The molecule has 0 atom stereocenters. The van der Waals surface area contributed by atoms with Crippen molar-refractivity contribution in [3.05, 3.63) is 34.3 Å². The van der Waals surface area contributed by atoms with Gasteiger partial charge in [0.1, 0.15) is 12.4 Å². The Kier molecular flexibility index (Phi) is 7.15. The number of ether oxygens (including phenoxy) is 3. The Balaban J connectivity index is 1.40. The summed E-state index contributed by atoms with van der Waals surface area (Å²) in [6, 6.07) is 5.59. The second kappa shape index (κ2) is 10.0. The van der Waals surface area contributed by atoms with Gasteiger partial charge in [-0.15, -0.1) is 11.3 Å². The third kappa shape index (κ3) is 5.75. The van der Waals surface area contributed by atoms with E-state index in [4.69, 9.17) is 14.2 Å². The molecule has 7 nitrogen and oxygen atoms in total. The van der Waals surface area contributed by atoms with E-state index >= 15 is 0 Å². The van der Waals surface area contributed by atoms with Gasteiger partial charge >= 0.3 is 0 Å². The number of aromatic nitrogens is 1. The van der Waals surface area contributed by atoms with Crippen molar-refractivity contribution in [1.29, 1.82) is 0 Å². The molecular formula is C19H26N4O3S. The standard InChI is InChI=1S/C19H26N4O3S/c1-3-15-12-23-18(27-15)7-8-21-19(20-4-2)22-9-10-24-14-5-6-16-17(11-14)26-13-25-16/h5-6,11-12H,3-4,7-10,13H2,1-2H3,(H2,20,21,22). The van der Waals surface area contributed by atoms with Gasteiger partial charge in [0, 0.05) is 36.7 Å². The molecule has 2 aromatic rings. The fraction of sp³-hybridized carbons (Fsp3) is 0.474. The predicted octanol–water partition coefficient (Wildman–Crippen LogP) is 2.61. The molecule has 0 fully saturated rings. The smallest absolute Gasteiger partial charge is 0.231 e. The average Bonchev–Trinajstić information content (AvgIpc) is 3.33. The van der Waals surface area contributed by atoms with E-state index in [9.17, 15) is 0 Å². The van der Waals surface area contributed by atoms with E-state index in [0.29, 0.717) is 19.7 Å². The van der Waals surface area contributed by atoms with Gasteiger partial charge in [-0.05, 0) is 25.5 Å². The molecule has 2 heterocycles. The lowest BCUT2D eigenvalue weighted by Gasteiger charge is -2.12. The second-order valence-corrected chi connectivity index (χ2v) is 7.07. The number of thiazole rings is 1. The molecule has 2 N–H and O–H groups in total. The minimum Gasteiger partial charge on any atom is -0.492 e. The summed E-state index contributed by atoms with van der Waals surface area (Å²) in [4.78, 5) is 10.4. The number of benzene rings is 1. The first-order valence-corrected chi connectivity index (χ1v) is 10.1. The van der Waals surface area contributed by atoms with Gasteiger partial charge in [-0.25, -0.2) is 4.98 Å². The molecule has 8 heteroatoms. The Morgan fingerprint density at radius 1 is 1.26 bits per heavy atom. The maximum atomic E-state index is 5.76. The van der Waals surface area contributed by atoms with Crippen LogP contribution in [0.1, 0.15) is 23.7 Å². The van der Waals surface area contributed by atoms with Crippen LogP contribution in [-0.2, 0) is 12.8 Å². The van der Waals surface area contributed by atoms with E-state index < -0.39 is 0 Å². The molecule has 0 amide bonds. The van der Waals surface area contributed by atoms with Crippen molar-refractivity contribution >= 4 is 17.3 Å². The van der Waals surface area contributed by atoms with Gasteiger partial charge in [0.15, 0.2) is 17.5 Å². The van der Waals surface area contributed by atoms with Gasteiger partial charge in [0.25, 0.3) is 0 Å². The summed E-state index contributed by atoms with van der Waals surface area (Å²) in [5, 5.41) is 7.67. The summed E-state index contributed by atoms with van der Waals surface area (Å²) in [5.74, 6) is 3.04. The highest BCUT2D eigenvalue weighted by molar-refractivity contribution is 7.11. The Morgan fingerprint density at radius 3 is 2.96 bits per heavy atom. The highest BCUT2D eigenvalue weighted by atomic mass is 32.1. The Hall–Kier alpha value is -2.48. The zero-order valence-electron chi connectivity index (χ0n) is 15.8. The van der Waals surface area contributed by atoms with Crippen molar-refractivity contribution in [2.75, 3.05) is 33.0 Å². The van der Waals surface area contributed by atoms with Crippen LogP contribution in [0.15, 0.2) is 29.4 Å². The molecule has 3 rings (SSSR count). The van der Waals surface area contributed by atoms with Gasteiger partial charge in [-0.3, -0.25) is 4.99 Å². The van der Waals surface area contributed by atoms with Gasteiger partial charge < -0.3 is 24.8 Å². The molecule has 0 bridgehead atoms. The first-order valence-electron chi connectivity index (χ1n) is 9.26. The summed E-state index contributed by atoms with van der Waals surface area (Å²) < 4.78 is 16.4. The fourth-order valence-electron chi connectivity index (χ4n) is 2.54. The minimum absolute atomic E-state index is 0.267. The Morgan fingerprint density at radius 2 is 2.15 bits per heavy atom. The van der Waals surface area contributed by atoms with Gasteiger partial charge in [0.05, 0.1) is 11.6 Å². The molecule has 0 unspecified atom stereocenters. The van der Waals surface area contributed by atoms with Crippen molar-refractivity contribution in [1.82, 2.24) is 15.6 Å².